The third kappa shape index (κ3) is 3.75. The molecule has 1 N–H and O–H groups in total. The van der Waals surface area contributed by atoms with Gasteiger partial charge in [0.05, 0.1) is 13.7 Å². The third-order valence-corrected chi connectivity index (χ3v) is 5.01. The first-order valence-electron chi connectivity index (χ1n) is 9.10. The summed E-state index contributed by atoms with van der Waals surface area (Å²) in [6, 6.07) is 24.5. The predicted octanol–water partition coefficient (Wildman–Crippen LogP) is 4.97. The molecule has 3 aromatic rings. The van der Waals surface area contributed by atoms with Gasteiger partial charge in [-0.05, 0) is 42.9 Å². The molecule has 28 heavy (non-hydrogen) atoms. The molecule has 1 heterocycles. The van der Waals surface area contributed by atoms with Crippen LogP contribution in [-0.2, 0) is 6.54 Å². The lowest BCUT2D eigenvalue weighted by molar-refractivity contribution is 0.413. The molecule has 0 amide bonds. The summed E-state index contributed by atoms with van der Waals surface area (Å²) in [5.41, 5.74) is 6.27. The summed E-state index contributed by atoms with van der Waals surface area (Å²) in [6.45, 7) is 2.65. The standard InChI is InChI=1S/C23H21N3OS/c1-16-7-11-18(12-8-16)22-20-5-3-4-6-21(20)24-23(28)26(25-22)15-17-9-13-19(27-2)14-10-17/h3-14H,15H2,1-2H3,(H,24,28). The van der Waals surface area contributed by atoms with Crippen LogP contribution in [0, 0.1) is 6.92 Å². The van der Waals surface area contributed by atoms with Gasteiger partial charge in [-0.1, -0.05) is 60.2 Å². The molecular weight excluding hydrogens is 366 g/mol. The largest absolute Gasteiger partial charge is 0.497 e. The quantitative estimate of drug-likeness (QED) is 0.642. The minimum atomic E-state index is 0.569. The highest BCUT2D eigenvalue weighted by molar-refractivity contribution is 7.80. The molecule has 0 atom stereocenters. The van der Waals surface area contributed by atoms with Gasteiger partial charge in [-0.15, -0.1) is 0 Å². The number of nitrogens with zero attached hydrogens (tertiary/aromatic N) is 2. The predicted molar refractivity (Wildman–Crippen MR) is 118 cm³/mol. The number of anilines is 1. The first-order valence-corrected chi connectivity index (χ1v) is 9.51. The molecule has 0 bridgehead atoms. The monoisotopic (exact) mass is 387 g/mol. The van der Waals surface area contributed by atoms with Gasteiger partial charge in [0, 0.05) is 16.8 Å². The van der Waals surface area contributed by atoms with Crippen LogP contribution in [0.2, 0.25) is 0 Å². The number of hydrazone groups is 1. The van der Waals surface area contributed by atoms with Crippen LogP contribution in [0.15, 0.2) is 77.9 Å². The van der Waals surface area contributed by atoms with Gasteiger partial charge < -0.3 is 10.1 Å². The van der Waals surface area contributed by atoms with Crippen LogP contribution in [0.4, 0.5) is 5.69 Å². The van der Waals surface area contributed by atoms with E-state index in [1.807, 2.05) is 47.5 Å². The number of nitrogens with one attached hydrogen (secondary N) is 1. The van der Waals surface area contributed by atoms with Crippen molar-refractivity contribution in [2.24, 2.45) is 5.10 Å². The minimum Gasteiger partial charge on any atom is -0.497 e. The maximum absolute atomic E-state index is 5.64. The zero-order valence-corrected chi connectivity index (χ0v) is 16.7. The van der Waals surface area contributed by atoms with Crippen LogP contribution in [0.25, 0.3) is 0 Å². The van der Waals surface area contributed by atoms with Crippen molar-refractivity contribution in [3.63, 3.8) is 0 Å². The Labute approximate surface area is 170 Å². The Kier molecular flexibility index (Phi) is 5.08. The van der Waals surface area contributed by atoms with Crippen LogP contribution >= 0.6 is 12.2 Å². The second-order valence-electron chi connectivity index (χ2n) is 6.70. The Morgan fingerprint density at radius 1 is 0.964 bits per heavy atom. The van der Waals surface area contributed by atoms with E-state index >= 15 is 0 Å². The third-order valence-electron chi connectivity index (χ3n) is 4.70. The van der Waals surface area contributed by atoms with Crippen molar-refractivity contribution in [2.45, 2.75) is 13.5 Å². The molecule has 4 nitrogen and oxygen atoms in total. The van der Waals surface area contributed by atoms with Crippen molar-refractivity contribution >= 4 is 28.7 Å². The van der Waals surface area contributed by atoms with Crippen molar-refractivity contribution in [3.05, 3.63) is 95.1 Å². The fourth-order valence-corrected chi connectivity index (χ4v) is 3.35. The van der Waals surface area contributed by atoms with Gasteiger partial charge in [-0.25, -0.2) is 5.01 Å². The number of thiocarbonyl (C=S) groups is 1. The first kappa shape index (κ1) is 18.2. The van der Waals surface area contributed by atoms with Crippen molar-refractivity contribution in [1.29, 1.82) is 0 Å². The number of benzene rings is 3. The number of hydrogen-bond acceptors (Lipinski definition) is 3. The van der Waals surface area contributed by atoms with Gasteiger partial charge in [0.1, 0.15) is 11.5 Å². The zero-order valence-electron chi connectivity index (χ0n) is 15.8. The maximum Gasteiger partial charge on any atom is 0.194 e. The maximum atomic E-state index is 5.64. The van der Waals surface area contributed by atoms with E-state index in [1.165, 1.54) is 5.56 Å². The molecule has 3 aromatic carbocycles. The van der Waals surface area contributed by atoms with Gasteiger partial charge in [-0.2, -0.15) is 5.10 Å². The van der Waals surface area contributed by atoms with Gasteiger partial charge >= 0.3 is 0 Å². The Balaban J connectivity index is 1.75. The van der Waals surface area contributed by atoms with Crippen LogP contribution in [-0.4, -0.2) is 22.9 Å². The zero-order chi connectivity index (χ0) is 19.5. The van der Waals surface area contributed by atoms with E-state index < -0.39 is 0 Å². The molecular formula is C23H21N3OS. The van der Waals surface area contributed by atoms with Crippen molar-refractivity contribution < 1.29 is 4.74 Å². The highest BCUT2D eigenvalue weighted by atomic mass is 32.1. The van der Waals surface area contributed by atoms with Crippen LogP contribution in [0.3, 0.4) is 0 Å². The molecule has 0 saturated carbocycles. The Hall–Kier alpha value is -3.18. The lowest BCUT2D eigenvalue weighted by Gasteiger charge is -2.19. The average molecular weight is 388 g/mol. The van der Waals surface area contributed by atoms with E-state index in [2.05, 4.69) is 42.6 Å². The highest BCUT2D eigenvalue weighted by Crippen LogP contribution is 2.25. The van der Waals surface area contributed by atoms with Crippen LogP contribution in [0.1, 0.15) is 22.3 Å². The summed E-state index contributed by atoms with van der Waals surface area (Å²) < 4.78 is 5.25. The molecule has 0 saturated heterocycles. The molecule has 0 aliphatic carbocycles. The number of aryl methyl sites for hydroxylation is 1. The molecule has 4 rings (SSSR count). The summed E-state index contributed by atoms with van der Waals surface area (Å²) in [5.74, 6) is 0.830. The normalized spacial score (nSPS) is 13.3. The van der Waals surface area contributed by atoms with Crippen LogP contribution < -0.4 is 10.1 Å². The summed E-state index contributed by atoms with van der Waals surface area (Å²) in [6.07, 6.45) is 0. The molecule has 0 unspecified atom stereocenters. The number of ether oxygens (including phenoxy) is 1. The number of rotatable bonds is 4. The molecule has 0 spiro atoms. The molecule has 1 aliphatic heterocycles. The Bertz CT molecular complexity index is 1030. The first-order chi connectivity index (χ1) is 13.6. The average Bonchev–Trinajstić information content (AvgIpc) is 2.86. The SMILES string of the molecule is COc1ccc(CN2N=C(c3ccc(C)cc3)c3ccccc3NC2=S)cc1. The van der Waals surface area contributed by atoms with Crippen LogP contribution in [0.5, 0.6) is 5.75 Å². The number of hydrogen-bond donors (Lipinski definition) is 1. The van der Waals surface area contributed by atoms with E-state index in [0.29, 0.717) is 11.7 Å². The molecule has 5 heteroatoms. The number of para-hydroxylation sites is 1. The smallest absolute Gasteiger partial charge is 0.194 e. The van der Waals surface area contributed by atoms with E-state index in [1.54, 1.807) is 7.11 Å². The number of methoxy groups -OCH3 is 1. The van der Waals surface area contributed by atoms with E-state index in [-0.39, 0.29) is 0 Å². The van der Waals surface area contributed by atoms with Gasteiger partial charge in [-0.3, -0.25) is 0 Å². The minimum absolute atomic E-state index is 0.569. The Morgan fingerprint density at radius 2 is 1.68 bits per heavy atom. The summed E-state index contributed by atoms with van der Waals surface area (Å²) in [5, 5.41) is 10.7. The number of fused-ring (bicyclic) bond motifs is 1. The fraction of sp³-hybridized carbons (Fsp3) is 0.130. The lowest BCUT2D eigenvalue weighted by atomic mass is 10.00. The second kappa shape index (κ2) is 7.82. The molecule has 1 aliphatic rings. The Morgan fingerprint density at radius 3 is 2.39 bits per heavy atom. The van der Waals surface area contributed by atoms with Gasteiger partial charge in [0.2, 0.25) is 0 Å². The van der Waals surface area contributed by atoms with Gasteiger partial charge in [0.25, 0.3) is 0 Å². The van der Waals surface area contributed by atoms with Crippen molar-refractivity contribution in [2.75, 3.05) is 12.4 Å². The summed E-state index contributed by atoms with van der Waals surface area (Å²) >= 11 is 5.64. The topological polar surface area (TPSA) is 36.9 Å². The van der Waals surface area contributed by atoms with E-state index in [9.17, 15) is 0 Å². The summed E-state index contributed by atoms with van der Waals surface area (Å²) in [7, 11) is 1.66. The molecule has 0 aromatic heterocycles. The molecule has 140 valence electrons. The lowest BCUT2D eigenvalue weighted by Crippen LogP contribution is -2.29. The van der Waals surface area contributed by atoms with Gasteiger partial charge in [0.15, 0.2) is 5.11 Å². The van der Waals surface area contributed by atoms with E-state index in [0.717, 1.165) is 33.8 Å². The molecule has 0 fully saturated rings. The van der Waals surface area contributed by atoms with Crippen molar-refractivity contribution in [1.82, 2.24) is 5.01 Å². The van der Waals surface area contributed by atoms with Crippen molar-refractivity contribution in [3.8, 4) is 5.75 Å². The fourth-order valence-electron chi connectivity index (χ4n) is 3.13. The highest BCUT2D eigenvalue weighted by Gasteiger charge is 2.21. The second-order valence-corrected chi connectivity index (χ2v) is 7.08. The van der Waals surface area contributed by atoms with E-state index in [4.69, 9.17) is 22.1 Å². The summed E-state index contributed by atoms with van der Waals surface area (Å²) in [4.78, 5) is 0. The molecule has 0 radical (unpaired) electrons.